The van der Waals surface area contributed by atoms with Crippen LogP contribution >= 0.6 is 23.2 Å². The van der Waals surface area contributed by atoms with Crippen LogP contribution in [0.5, 0.6) is 0 Å². The van der Waals surface area contributed by atoms with Gasteiger partial charge in [0.05, 0.1) is 15.6 Å². The quantitative estimate of drug-likeness (QED) is 0.377. The highest BCUT2D eigenvalue weighted by atomic mass is 35.5. The zero-order chi connectivity index (χ0) is 23.8. The molecule has 0 saturated carbocycles. The number of carbonyl (C=O) groups is 3. The van der Waals surface area contributed by atoms with Crippen LogP contribution in [0.1, 0.15) is 47.3 Å². The number of rotatable bonds is 10. The van der Waals surface area contributed by atoms with E-state index >= 15 is 0 Å². The molecule has 1 aliphatic rings. The number of nitrogens with zero attached hydrogens (tertiary/aromatic N) is 1. The first-order chi connectivity index (χ1) is 15.8. The van der Waals surface area contributed by atoms with Crippen molar-refractivity contribution >= 4 is 46.8 Å². The normalized spacial score (nSPS) is 13.4. The van der Waals surface area contributed by atoms with Gasteiger partial charge in [-0.05, 0) is 55.9 Å². The Hall–Kier alpha value is -2.84. The number of anilines is 1. The molecule has 2 heterocycles. The smallest absolute Gasteiger partial charge is 0.328 e. The van der Waals surface area contributed by atoms with Gasteiger partial charge in [-0.2, -0.15) is 0 Å². The summed E-state index contributed by atoms with van der Waals surface area (Å²) in [7, 11) is 0. The number of carbonyl (C=O) groups excluding carboxylic acids is 2. The highest BCUT2D eigenvalue weighted by molar-refractivity contribution is 6.39. The first-order valence-corrected chi connectivity index (χ1v) is 11.6. The van der Waals surface area contributed by atoms with Gasteiger partial charge in [0.15, 0.2) is 0 Å². The zero-order valence-corrected chi connectivity index (χ0v) is 19.5. The molecule has 10 heteroatoms. The Bertz CT molecular complexity index is 1010. The van der Waals surface area contributed by atoms with E-state index in [4.69, 9.17) is 23.2 Å². The average Bonchev–Trinajstić information content (AvgIpc) is 2.79. The molecule has 8 nitrogen and oxygen atoms in total. The predicted octanol–water partition coefficient (Wildman–Crippen LogP) is 3.46. The number of unbranched alkanes of at least 4 members (excludes halogenated alkanes) is 1. The van der Waals surface area contributed by atoms with E-state index < -0.39 is 17.9 Å². The van der Waals surface area contributed by atoms with Crippen LogP contribution in [-0.4, -0.2) is 47.0 Å². The summed E-state index contributed by atoms with van der Waals surface area (Å²) in [5.41, 5.74) is 2.21. The molecule has 176 valence electrons. The number of nitrogens with one attached hydrogen (secondary N) is 3. The number of pyridine rings is 1. The van der Waals surface area contributed by atoms with Crippen LogP contribution in [0.3, 0.4) is 0 Å². The molecule has 0 saturated heterocycles. The SMILES string of the molecule is O=C(CCCCc1ccc2c(n1)NCCC2)NCC(NC(=O)c1c(Cl)cccc1Cl)C(=O)O. The van der Waals surface area contributed by atoms with E-state index in [0.717, 1.165) is 43.7 Å². The van der Waals surface area contributed by atoms with Crippen LogP contribution in [0.2, 0.25) is 10.0 Å². The van der Waals surface area contributed by atoms with Crippen molar-refractivity contribution in [2.75, 3.05) is 18.4 Å². The molecule has 2 aromatic rings. The van der Waals surface area contributed by atoms with Crippen LogP contribution in [0, 0.1) is 0 Å². The number of hydrogen-bond acceptors (Lipinski definition) is 5. The highest BCUT2D eigenvalue weighted by Crippen LogP contribution is 2.24. The second-order valence-corrected chi connectivity index (χ2v) is 8.63. The number of carboxylic acid groups (broad SMARTS) is 1. The lowest BCUT2D eigenvalue weighted by atomic mass is 10.1. The first-order valence-electron chi connectivity index (χ1n) is 10.8. The summed E-state index contributed by atoms with van der Waals surface area (Å²) in [6.07, 6.45) is 4.58. The van der Waals surface area contributed by atoms with E-state index in [1.807, 2.05) is 6.07 Å². The lowest BCUT2D eigenvalue weighted by Crippen LogP contribution is -2.48. The molecule has 0 radical (unpaired) electrons. The minimum atomic E-state index is -1.32. The molecule has 1 unspecified atom stereocenters. The number of carboxylic acids is 1. The van der Waals surface area contributed by atoms with Crippen LogP contribution in [0.15, 0.2) is 30.3 Å². The minimum Gasteiger partial charge on any atom is -0.480 e. The molecule has 33 heavy (non-hydrogen) atoms. The van der Waals surface area contributed by atoms with E-state index in [1.165, 1.54) is 17.7 Å². The van der Waals surface area contributed by atoms with E-state index in [2.05, 4.69) is 27.0 Å². The fourth-order valence-corrected chi connectivity index (χ4v) is 4.12. The maximum atomic E-state index is 12.4. The standard InChI is InChI=1S/C23H26Cl2N4O4/c24-16-7-3-8-17(25)20(16)22(31)29-18(23(32)33)13-27-19(30)9-2-1-6-15-11-10-14-5-4-12-26-21(14)28-15/h3,7-8,10-11,18H,1-2,4-6,9,12-13H2,(H,26,28)(H,27,30)(H,29,31)(H,32,33). The average molecular weight is 493 g/mol. The van der Waals surface area contributed by atoms with Crippen LogP contribution in [0.4, 0.5) is 5.82 Å². The molecule has 3 rings (SSSR count). The Labute approximate surface area is 202 Å². The van der Waals surface area contributed by atoms with E-state index in [0.29, 0.717) is 6.42 Å². The van der Waals surface area contributed by atoms with Crippen LogP contribution < -0.4 is 16.0 Å². The summed E-state index contributed by atoms with van der Waals surface area (Å²) >= 11 is 12.0. The van der Waals surface area contributed by atoms with E-state index in [1.54, 1.807) is 6.07 Å². The van der Waals surface area contributed by atoms with Gasteiger partial charge in [-0.1, -0.05) is 35.3 Å². The fraction of sp³-hybridized carbons (Fsp3) is 0.391. The van der Waals surface area contributed by atoms with Crippen LogP contribution in [-0.2, 0) is 22.4 Å². The molecular formula is C23H26Cl2N4O4. The van der Waals surface area contributed by atoms with Crippen molar-refractivity contribution in [3.63, 3.8) is 0 Å². The van der Waals surface area contributed by atoms with Gasteiger partial charge in [0.2, 0.25) is 5.91 Å². The number of amides is 2. The molecule has 0 bridgehead atoms. The summed E-state index contributed by atoms with van der Waals surface area (Å²) in [5.74, 6) is -1.33. The molecule has 1 aromatic heterocycles. The van der Waals surface area contributed by atoms with Crippen molar-refractivity contribution in [1.82, 2.24) is 15.6 Å². The van der Waals surface area contributed by atoms with Gasteiger partial charge in [-0.15, -0.1) is 0 Å². The van der Waals surface area contributed by atoms with Crippen molar-refractivity contribution < 1.29 is 19.5 Å². The van der Waals surface area contributed by atoms with E-state index in [9.17, 15) is 19.5 Å². The van der Waals surface area contributed by atoms with Gasteiger partial charge in [0, 0.05) is 25.2 Å². The van der Waals surface area contributed by atoms with Gasteiger partial charge < -0.3 is 21.1 Å². The van der Waals surface area contributed by atoms with Crippen molar-refractivity contribution in [1.29, 1.82) is 0 Å². The Morgan fingerprint density at radius 2 is 1.88 bits per heavy atom. The number of halogens is 2. The fourth-order valence-electron chi connectivity index (χ4n) is 3.55. The Morgan fingerprint density at radius 3 is 2.61 bits per heavy atom. The van der Waals surface area contributed by atoms with Crippen LogP contribution in [0.25, 0.3) is 0 Å². The number of aromatic nitrogens is 1. The van der Waals surface area contributed by atoms with Crippen molar-refractivity contribution in [2.24, 2.45) is 0 Å². The molecule has 0 aliphatic carbocycles. The monoisotopic (exact) mass is 492 g/mol. The van der Waals surface area contributed by atoms with Crippen molar-refractivity contribution in [2.45, 2.75) is 44.6 Å². The van der Waals surface area contributed by atoms with Gasteiger partial charge in [0.25, 0.3) is 5.91 Å². The third-order valence-electron chi connectivity index (χ3n) is 5.34. The summed E-state index contributed by atoms with van der Waals surface area (Å²) < 4.78 is 0. The Morgan fingerprint density at radius 1 is 1.12 bits per heavy atom. The van der Waals surface area contributed by atoms with Gasteiger partial charge in [-0.3, -0.25) is 9.59 Å². The molecule has 1 aromatic carbocycles. The third kappa shape index (κ3) is 7.07. The second-order valence-electron chi connectivity index (χ2n) is 7.81. The minimum absolute atomic E-state index is 0.00982. The van der Waals surface area contributed by atoms with Crippen molar-refractivity contribution in [3.8, 4) is 0 Å². The maximum Gasteiger partial charge on any atom is 0.328 e. The van der Waals surface area contributed by atoms with Gasteiger partial charge in [0.1, 0.15) is 11.9 Å². The molecule has 0 spiro atoms. The molecular weight excluding hydrogens is 467 g/mol. The lowest BCUT2D eigenvalue weighted by Gasteiger charge is -2.17. The van der Waals surface area contributed by atoms with Crippen molar-refractivity contribution in [3.05, 3.63) is 57.2 Å². The predicted molar refractivity (Wildman–Crippen MR) is 127 cm³/mol. The Balaban J connectivity index is 1.42. The summed E-state index contributed by atoms with van der Waals surface area (Å²) in [5, 5.41) is 17.8. The highest BCUT2D eigenvalue weighted by Gasteiger charge is 2.24. The summed E-state index contributed by atoms with van der Waals surface area (Å²) in [6.45, 7) is 0.687. The maximum absolute atomic E-state index is 12.4. The Kier molecular flexibility index (Phi) is 8.91. The largest absolute Gasteiger partial charge is 0.480 e. The second kappa shape index (κ2) is 11.9. The van der Waals surface area contributed by atoms with Gasteiger partial charge in [-0.25, -0.2) is 9.78 Å². The number of fused-ring (bicyclic) bond motifs is 1. The topological polar surface area (TPSA) is 120 Å². The molecule has 4 N–H and O–H groups in total. The third-order valence-corrected chi connectivity index (χ3v) is 5.97. The summed E-state index contributed by atoms with van der Waals surface area (Å²) in [4.78, 5) is 40.7. The number of benzene rings is 1. The van der Waals surface area contributed by atoms with Gasteiger partial charge >= 0.3 is 5.97 Å². The molecule has 2 amide bonds. The zero-order valence-electron chi connectivity index (χ0n) is 18.0. The molecule has 1 atom stereocenters. The van der Waals surface area contributed by atoms with E-state index in [-0.39, 0.29) is 34.5 Å². The summed E-state index contributed by atoms with van der Waals surface area (Å²) in [6, 6.07) is 7.35. The number of aryl methyl sites for hydroxylation is 2. The number of aliphatic carboxylic acids is 1. The lowest BCUT2D eigenvalue weighted by molar-refractivity contribution is -0.139. The first kappa shape index (κ1) is 24.8. The molecule has 1 aliphatic heterocycles. The molecule has 0 fully saturated rings. The number of hydrogen-bond donors (Lipinski definition) is 4.